The predicted octanol–water partition coefficient (Wildman–Crippen LogP) is 14.0. The van der Waals surface area contributed by atoms with Crippen molar-refractivity contribution in [3.8, 4) is 22.3 Å². The highest BCUT2D eigenvalue weighted by molar-refractivity contribution is 6.16. The minimum atomic E-state index is 0.866. The summed E-state index contributed by atoms with van der Waals surface area (Å²) in [7, 11) is 0. The fraction of sp³-hybridized carbons (Fsp3) is 0. The average molecular weight is 641 g/mol. The molecule has 7 aromatic carbocycles. The molecule has 0 atom stereocenters. The van der Waals surface area contributed by atoms with Crippen LogP contribution in [0.5, 0.6) is 0 Å². The molecule has 0 spiro atoms. The largest absolute Gasteiger partial charge is 0.456 e. The van der Waals surface area contributed by atoms with Crippen molar-refractivity contribution in [2.75, 3.05) is 0 Å². The predicted molar refractivity (Wildman–Crippen MR) is 213 cm³/mol. The molecule has 0 aliphatic heterocycles. The van der Waals surface area contributed by atoms with Crippen LogP contribution in [0.15, 0.2) is 192 Å². The lowest BCUT2D eigenvalue weighted by Crippen LogP contribution is -1.84. The van der Waals surface area contributed by atoms with Crippen LogP contribution in [-0.2, 0) is 0 Å². The van der Waals surface area contributed by atoms with Gasteiger partial charge in [-0.05, 0) is 97.4 Å². The summed E-state index contributed by atoms with van der Waals surface area (Å²) in [5.41, 5.74) is 10.1. The van der Waals surface area contributed by atoms with Crippen molar-refractivity contribution in [2.24, 2.45) is 0 Å². The van der Waals surface area contributed by atoms with Gasteiger partial charge in [-0.25, -0.2) is 0 Å². The first-order chi connectivity index (χ1) is 24.6. The van der Waals surface area contributed by atoms with Crippen LogP contribution in [0.3, 0.4) is 0 Å². The first-order valence-electron chi connectivity index (χ1n) is 16.8. The molecule has 9 rings (SSSR count). The van der Waals surface area contributed by atoms with Crippen LogP contribution in [0.25, 0.3) is 93.2 Å². The highest BCUT2D eigenvalue weighted by atomic mass is 16.3. The lowest BCUT2D eigenvalue weighted by atomic mass is 9.94. The van der Waals surface area contributed by atoms with Crippen LogP contribution in [0.4, 0.5) is 0 Å². The maximum Gasteiger partial charge on any atom is 0.136 e. The molecule has 0 bridgehead atoms. The Bertz CT molecular complexity index is 2890. The average Bonchev–Trinajstić information content (AvgIpc) is 3.70. The van der Waals surface area contributed by atoms with Gasteiger partial charge in [0.15, 0.2) is 0 Å². The van der Waals surface area contributed by atoms with Gasteiger partial charge in [-0.3, -0.25) is 0 Å². The van der Waals surface area contributed by atoms with Crippen molar-refractivity contribution in [3.05, 3.63) is 189 Å². The molecule has 2 heteroatoms. The molecule has 50 heavy (non-hydrogen) atoms. The normalized spacial score (nSPS) is 11.7. The number of rotatable bonds is 5. The highest BCUT2D eigenvalue weighted by Gasteiger charge is 2.14. The molecule has 0 radical (unpaired) electrons. The lowest BCUT2D eigenvalue weighted by molar-refractivity contribution is 0.668. The van der Waals surface area contributed by atoms with E-state index < -0.39 is 0 Å². The fourth-order valence-corrected chi connectivity index (χ4v) is 7.12. The summed E-state index contributed by atoms with van der Waals surface area (Å²) in [4.78, 5) is 0. The van der Waals surface area contributed by atoms with Crippen molar-refractivity contribution in [1.29, 1.82) is 0 Å². The van der Waals surface area contributed by atoms with E-state index in [1.54, 1.807) is 6.08 Å². The molecule has 0 amide bonds. The van der Waals surface area contributed by atoms with Gasteiger partial charge in [0.1, 0.15) is 22.3 Å². The van der Waals surface area contributed by atoms with Gasteiger partial charge in [-0.2, -0.15) is 0 Å². The molecule has 2 heterocycles. The summed E-state index contributed by atoms with van der Waals surface area (Å²) in [6.45, 7) is 7.99. The zero-order chi connectivity index (χ0) is 33.6. The number of furan rings is 2. The molecule has 0 aliphatic rings. The molecular weight excluding hydrogens is 609 g/mol. The fourth-order valence-electron chi connectivity index (χ4n) is 7.12. The van der Waals surface area contributed by atoms with Crippen molar-refractivity contribution in [1.82, 2.24) is 0 Å². The summed E-state index contributed by atoms with van der Waals surface area (Å²) < 4.78 is 12.7. The summed E-state index contributed by atoms with van der Waals surface area (Å²) >= 11 is 0. The van der Waals surface area contributed by atoms with Crippen LogP contribution in [-0.4, -0.2) is 0 Å². The van der Waals surface area contributed by atoms with Crippen molar-refractivity contribution >= 4 is 71.0 Å². The summed E-state index contributed by atoms with van der Waals surface area (Å²) in [5.74, 6) is 0. The molecule has 0 saturated carbocycles. The monoisotopic (exact) mass is 640 g/mol. The van der Waals surface area contributed by atoms with E-state index in [1.807, 2.05) is 24.3 Å². The van der Waals surface area contributed by atoms with Crippen LogP contribution >= 0.6 is 0 Å². The summed E-state index contributed by atoms with van der Waals surface area (Å²) in [5, 5.41) is 8.98. The molecule has 0 N–H and O–H groups in total. The molecule has 0 aliphatic carbocycles. The van der Waals surface area contributed by atoms with E-state index in [9.17, 15) is 0 Å². The van der Waals surface area contributed by atoms with Gasteiger partial charge in [0.25, 0.3) is 0 Å². The Hall–Kier alpha value is -6.64. The number of para-hydroxylation sites is 1. The quantitative estimate of drug-likeness (QED) is 0.175. The number of hydrogen-bond donors (Lipinski definition) is 0. The first-order valence-corrected chi connectivity index (χ1v) is 16.8. The number of fused-ring (bicyclic) bond motifs is 8. The van der Waals surface area contributed by atoms with E-state index in [1.165, 1.54) is 0 Å². The van der Waals surface area contributed by atoms with Gasteiger partial charge >= 0.3 is 0 Å². The Morgan fingerprint density at radius 2 is 0.960 bits per heavy atom. The third-order valence-electron chi connectivity index (χ3n) is 9.60. The van der Waals surface area contributed by atoms with Gasteiger partial charge in [-0.15, -0.1) is 0 Å². The zero-order valence-electron chi connectivity index (χ0n) is 27.4. The molecule has 0 fully saturated rings. The van der Waals surface area contributed by atoms with E-state index >= 15 is 0 Å². The first kappa shape index (κ1) is 29.5. The summed E-state index contributed by atoms with van der Waals surface area (Å²) in [6.07, 6.45) is 5.66. The number of hydrogen-bond acceptors (Lipinski definition) is 2. The molecular formula is C48H32O2. The molecule has 236 valence electrons. The van der Waals surface area contributed by atoms with Gasteiger partial charge in [0, 0.05) is 21.5 Å². The lowest BCUT2D eigenvalue weighted by Gasteiger charge is -2.10. The SMILES string of the molecule is C=C/C=C\C(=C)c1ccc(-c2ccccccc(-c3ccc4oc5cc6cc7c(cc6cc5c4c3)oc3ccccc37)c3ccccc23)cc1. The van der Waals surface area contributed by atoms with E-state index in [0.717, 1.165) is 98.8 Å². The van der Waals surface area contributed by atoms with Crippen molar-refractivity contribution < 1.29 is 8.83 Å². The Labute approximate surface area is 289 Å². The maximum absolute atomic E-state index is 6.47. The Balaban J connectivity index is 1.22. The molecule has 0 unspecified atom stereocenters. The van der Waals surface area contributed by atoms with E-state index in [4.69, 9.17) is 8.83 Å². The van der Waals surface area contributed by atoms with Gasteiger partial charge in [0.05, 0.1) is 0 Å². The van der Waals surface area contributed by atoms with Gasteiger partial charge in [0.2, 0.25) is 0 Å². The van der Waals surface area contributed by atoms with Crippen molar-refractivity contribution in [2.45, 2.75) is 0 Å². The molecule has 9 aromatic rings. The zero-order valence-corrected chi connectivity index (χ0v) is 27.4. The smallest absolute Gasteiger partial charge is 0.136 e. The maximum atomic E-state index is 6.47. The molecule has 0 saturated heterocycles. The second-order valence-electron chi connectivity index (χ2n) is 12.6. The Morgan fingerprint density at radius 3 is 1.62 bits per heavy atom. The van der Waals surface area contributed by atoms with Crippen molar-refractivity contribution in [3.63, 3.8) is 0 Å². The Morgan fingerprint density at radius 1 is 0.440 bits per heavy atom. The minimum Gasteiger partial charge on any atom is -0.456 e. The minimum absolute atomic E-state index is 0.866. The third-order valence-corrected chi connectivity index (χ3v) is 9.60. The van der Waals surface area contributed by atoms with Crippen LogP contribution in [0, 0.1) is 0 Å². The standard InChI is InChI=1S/C48H32O2/c1-3-4-13-31(2)32-20-22-33(23-21-32)37-14-7-5-6-8-15-38(40-17-10-9-16-39(37)40)34-24-25-46-43(26-34)44-28-36-29-47-42(27-35(36)30-48(44)50-46)41-18-11-12-19-45(41)49-47/h3-30H,1-2H2/b6-5?,7-5?,8-6?,13-4-,14-7?,15-8?,37-14?,38-15?,39-37?,40-38?. The van der Waals surface area contributed by atoms with E-state index in [-0.39, 0.29) is 0 Å². The van der Waals surface area contributed by atoms with Crippen LogP contribution < -0.4 is 0 Å². The van der Waals surface area contributed by atoms with Gasteiger partial charge < -0.3 is 8.83 Å². The topological polar surface area (TPSA) is 26.3 Å². The summed E-state index contributed by atoms with van der Waals surface area (Å²) in [6, 6.07) is 53.6. The van der Waals surface area contributed by atoms with Crippen LogP contribution in [0.2, 0.25) is 0 Å². The second-order valence-corrected chi connectivity index (χ2v) is 12.6. The number of benzene rings is 6. The highest BCUT2D eigenvalue weighted by Crippen LogP contribution is 2.39. The molecule has 2 nitrogen and oxygen atoms in total. The van der Waals surface area contributed by atoms with Gasteiger partial charge in [-0.1, -0.05) is 141 Å². The van der Waals surface area contributed by atoms with Crippen LogP contribution in [0.1, 0.15) is 5.56 Å². The Kier molecular flexibility index (Phi) is 7.14. The third kappa shape index (κ3) is 5.06. The van der Waals surface area contributed by atoms with E-state index in [2.05, 4.69) is 153 Å². The molecule has 2 aromatic heterocycles. The second kappa shape index (κ2) is 12.1. The number of allylic oxidation sites excluding steroid dienone is 4. The van der Waals surface area contributed by atoms with E-state index in [0.29, 0.717) is 0 Å².